The second-order valence-electron chi connectivity index (χ2n) is 15.5. The van der Waals surface area contributed by atoms with Crippen molar-refractivity contribution < 1.29 is 33.4 Å². The molecule has 0 spiro atoms. The van der Waals surface area contributed by atoms with Crippen LogP contribution in [0, 0.1) is 5.92 Å². The second kappa shape index (κ2) is 19.2. The Morgan fingerprint density at radius 3 is 2.43 bits per heavy atom. The van der Waals surface area contributed by atoms with Gasteiger partial charge in [0, 0.05) is 86.5 Å². The summed E-state index contributed by atoms with van der Waals surface area (Å²) in [5.74, 6) is -1.06. The number of aromatic nitrogens is 2. The number of nitrogens with zero attached hydrogens (tertiary/aromatic N) is 3. The van der Waals surface area contributed by atoms with Crippen molar-refractivity contribution in [2.24, 2.45) is 5.92 Å². The Hall–Kier alpha value is -6.32. The number of anilines is 1. The van der Waals surface area contributed by atoms with E-state index in [0.29, 0.717) is 67.0 Å². The van der Waals surface area contributed by atoms with Crippen molar-refractivity contribution in [3.63, 3.8) is 0 Å². The van der Waals surface area contributed by atoms with Gasteiger partial charge in [-0.25, -0.2) is 14.2 Å². The molecule has 1 aromatic heterocycles. The number of methoxy groups -OCH3 is 1. The lowest BCUT2D eigenvalue weighted by molar-refractivity contribution is -0.116. The molecular weight excluding hydrogens is 769 g/mol. The fourth-order valence-corrected chi connectivity index (χ4v) is 7.38. The Bertz CT molecular complexity index is 2580. The van der Waals surface area contributed by atoms with E-state index in [-0.39, 0.29) is 35.0 Å². The number of aromatic amines is 1. The van der Waals surface area contributed by atoms with Crippen LogP contribution in [0.3, 0.4) is 0 Å². The van der Waals surface area contributed by atoms with Crippen LogP contribution in [0.4, 0.5) is 5.69 Å². The van der Waals surface area contributed by atoms with Gasteiger partial charge < -0.3 is 34.5 Å². The highest BCUT2D eigenvalue weighted by molar-refractivity contribution is 6.09. The molecule has 3 aromatic rings. The molecule has 0 bridgehead atoms. The summed E-state index contributed by atoms with van der Waals surface area (Å²) in [5.41, 5.74) is 2.67. The molecule has 2 aromatic carbocycles. The quantitative estimate of drug-likeness (QED) is 0.0477. The minimum atomic E-state index is -1.11. The summed E-state index contributed by atoms with van der Waals surface area (Å²) < 4.78 is 20.9. The van der Waals surface area contributed by atoms with Gasteiger partial charge in [-0.3, -0.25) is 23.9 Å². The summed E-state index contributed by atoms with van der Waals surface area (Å²) in [4.78, 5) is 67.8. The van der Waals surface area contributed by atoms with Crippen molar-refractivity contribution in [2.45, 2.75) is 51.4 Å². The van der Waals surface area contributed by atoms with E-state index in [1.807, 2.05) is 81.0 Å². The van der Waals surface area contributed by atoms with Gasteiger partial charge in [-0.1, -0.05) is 19.8 Å². The summed E-state index contributed by atoms with van der Waals surface area (Å²) in [6, 6.07) is 16.2. The lowest BCUT2D eigenvalue weighted by atomic mass is 9.89. The number of fused-ring (bicyclic) bond motifs is 2. The van der Waals surface area contributed by atoms with Gasteiger partial charge in [-0.05, 0) is 73.2 Å². The summed E-state index contributed by atoms with van der Waals surface area (Å²) in [7, 11) is 9.32. The van der Waals surface area contributed by atoms with Crippen LogP contribution in [0.2, 0.25) is 0 Å². The number of hydrogen-bond acceptors (Lipinski definition) is 9. The molecule has 6 rings (SSSR count). The maximum atomic E-state index is 13.4. The number of carbonyl (C=O) groups excluding carboxylic acids is 2. The average Bonchev–Trinajstić information content (AvgIpc) is 3.58. The molecule has 316 valence electrons. The van der Waals surface area contributed by atoms with Crippen molar-refractivity contribution in [1.29, 1.82) is 0 Å². The van der Waals surface area contributed by atoms with Crippen molar-refractivity contribution in [1.82, 2.24) is 24.8 Å². The lowest BCUT2D eigenvalue weighted by Gasteiger charge is -2.19. The van der Waals surface area contributed by atoms with E-state index in [4.69, 9.17) is 13.9 Å². The largest absolute Gasteiger partial charge is 0.478 e. The molecule has 15 nitrogen and oxygen atoms in total. The Morgan fingerprint density at radius 1 is 0.983 bits per heavy atom. The summed E-state index contributed by atoms with van der Waals surface area (Å²) >= 11 is 0. The van der Waals surface area contributed by atoms with E-state index < -0.39 is 23.4 Å². The van der Waals surface area contributed by atoms with E-state index in [0.717, 1.165) is 34.8 Å². The average molecular weight is 822 g/mol. The molecule has 60 heavy (non-hydrogen) atoms. The fraction of sp³-hybridized carbons (Fsp3) is 0.378. The molecule has 1 fully saturated rings. The van der Waals surface area contributed by atoms with Crippen LogP contribution >= 0.6 is 0 Å². The summed E-state index contributed by atoms with van der Waals surface area (Å²) in [6.45, 7) is 3.24. The smallest absolute Gasteiger partial charge is 0.336 e. The first-order chi connectivity index (χ1) is 28.7. The van der Waals surface area contributed by atoms with Crippen LogP contribution in [-0.4, -0.2) is 93.5 Å². The van der Waals surface area contributed by atoms with Crippen LogP contribution in [0.1, 0.15) is 71.5 Å². The van der Waals surface area contributed by atoms with E-state index in [1.54, 1.807) is 13.2 Å². The van der Waals surface area contributed by atoms with E-state index >= 15 is 0 Å². The number of hydrogen-bond donors (Lipinski definition) is 4. The highest BCUT2D eigenvalue weighted by atomic mass is 16.5. The number of carboxylic acids is 1. The van der Waals surface area contributed by atoms with Crippen LogP contribution in [-0.2, 0) is 14.3 Å². The molecule has 1 saturated heterocycles. The molecule has 3 heterocycles. The molecule has 3 aliphatic rings. The van der Waals surface area contributed by atoms with Crippen molar-refractivity contribution in [2.75, 3.05) is 59.9 Å². The highest BCUT2D eigenvalue weighted by Gasteiger charge is 2.34. The van der Waals surface area contributed by atoms with Gasteiger partial charge in [0.05, 0.1) is 29.9 Å². The monoisotopic (exact) mass is 821 g/mol. The van der Waals surface area contributed by atoms with Crippen LogP contribution in [0.25, 0.3) is 39.5 Å². The minimum absolute atomic E-state index is 0.0665. The van der Waals surface area contributed by atoms with E-state index in [1.165, 1.54) is 35.0 Å². The van der Waals surface area contributed by atoms with Crippen LogP contribution in [0.5, 0.6) is 0 Å². The van der Waals surface area contributed by atoms with Crippen molar-refractivity contribution >= 4 is 40.5 Å². The predicted octanol–water partition coefficient (Wildman–Crippen LogP) is 4.54. The third kappa shape index (κ3) is 9.92. The van der Waals surface area contributed by atoms with Crippen molar-refractivity contribution in [3.8, 4) is 22.5 Å². The molecular formula is C45H53N6O9+. The molecule has 2 aliphatic heterocycles. The number of benzene rings is 3. The highest BCUT2D eigenvalue weighted by Crippen LogP contribution is 2.42. The van der Waals surface area contributed by atoms with Gasteiger partial charge in [-0.2, -0.15) is 0 Å². The number of rotatable bonds is 16. The van der Waals surface area contributed by atoms with E-state index in [9.17, 15) is 29.1 Å². The molecule has 15 heteroatoms. The first-order valence-corrected chi connectivity index (χ1v) is 20.1. The van der Waals surface area contributed by atoms with Crippen LogP contribution in [0.15, 0.2) is 80.9 Å². The van der Waals surface area contributed by atoms with Gasteiger partial charge in [0.1, 0.15) is 31.7 Å². The first kappa shape index (κ1) is 43.3. The van der Waals surface area contributed by atoms with Crippen LogP contribution < -0.4 is 36.7 Å². The number of aromatic carboxylic acids is 1. The SMILES string of the molecule is COCC1OC(n2cc(C=CC(=O)NCCCCCCNC(=O)c3ccc(C(=O)O)c(-c4c5ccc(=[N+](C)C)cc-5oc5cc(N(C)C)ccc45)c3)c(=O)[nH]c2=O)CC1C. The Labute approximate surface area is 347 Å². The third-order valence-electron chi connectivity index (χ3n) is 10.8. The number of carboxylic acid groups (broad SMARTS) is 1. The molecule has 0 saturated carbocycles. The lowest BCUT2D eigenvalue weighted by Crippen LogP contribution is -2.33. The Kier molecular flexibility index (Phi) is 13.8. The molecule has 4 N–H and O–H groups in total. The van der Waals surface area contributed by atoms with Crippen molar-refractivity contribution in [3.05, 3.63) is 110 Å². The van der Waals surface area contributed by atoms with Gasteiger partial charge >= 0.3 is 11.7 Å². The zero-order chi connectivity index (χ0) is 43.1. The summed E-state index contributed by atoms with van der Waals surface area (Å²) in [6.07, 6.45) is 6.91. The Balaban J connectivity index is 1.04. The molecule has 0 radical (unpaired) electrons. The second-order valence-corrected chi connectivity index (χ2v) is 15.5. The maximum Gasteiger partial charge on any atom is 0.336 e. The summed E-state index contributed by atoms with van der Waals surface area (Å²) in [5, 5.41) is 17.7. The number of amides is 2. The predicted molar refractivity (Wildman–Crippen MR) is 230 cm³/mol. The van der Waals surface area contributed by atoms with Gasteiger partial charge in [0.15, 0.2) is 0 Å². The van der Waals surface area contributed by atoms with Gasteiger partial charge in [0.25, 0.3) is 11.5 Å². The first-order valence-electron chi connectivity index (χ1n) is 20.1. The normalized spacial score (nSPS) is 16.4. The standard InChI is InChI=1S/C45H52N6O9/c1-27-21-40(60-38(27)26-58-6)51-25-29(43(54)48-45(51)57)12-18-39(52)46-19-9-7-8-10-20-47-42(53)28-11-15-32(44(55)56)35(22-28)41-33-16-13-30(49(2)3)23-36(33)59-37-24-31(50(4)5)14-17-34(37)41/h11-18,22-25,27,38,40H,7-10,19-21,26H2,1-6H3,(H3-,46,47,48,52,53,54,55,56,57)/p+1. The van der Waals surface area contributed by atoms with E-state index in [2.05, 4.69) is 15.6 Å². The zero-order valence-corrected chi connectivity index (χ0v) is 34.9. The molecule has 1 aliphatic carbocycles. The zero-order valence-electron chi connectivity index (χ0n) is 34.9. The van der Waals surface area contributed by atoms with Gasteiger partial charge in [-0.15, -0.1) is 0 Å². The van der Waals surface area contributed by atoms with Gasteiger partial charge in [0.2, 0.25) is 11.3 Å². The molecule has 2 amide bonds. The number of H-pyrrole nitrogens is 1. The third-order valence-corrected chi connectivity index (χ3v) is 10.8. The molecule has 3 unspecified atom stereocenters. The number of carbonyl (C=O) groups is 3. The molecule has 3 atom stereocenters. The Morgan fingerprint density at radius 2 is 1.73 bits per heavy atom. The number of unbranched alkanes of at least 4 members (excludes halogenated alkanes) is 3. The number of ether oxygens (including phenoxy) is 2. The topological polar surface area (TPSA) is 188 Å². The number of nitrogens with one attached hydrogen (secondary N) is 3. The fourth-order valence-electron chi connectivity index (χ4n) is 7.38. The maximum absolute atomic E-state index is 13.4. The minimum Gasteiger partial charge on any atom is -0.478 e.